The largest absolute Gasteiger partial charge is 0.397 e. The van der Waals surface area contributed by atoms with Crippen LogP contribution in [-0.2, 0) is 9.59 Å². The van der Waals surface area contributed by atoms with Crippen LogP contribution >= 0.6 is 0 Å². The Morgan fingerprint density at radius 3 is 1.93 bits per heavy atom. The number of rotatable bonds is 11. The molecule has 0 bridgehead atoms. The molecule has 0 heterocycles. The van der Waals surface area contributed by atoms with Gasteiger partial charge in [0.2, 0.25) is 5.91 Å². The first-order valence-corrected chi connectivity index (χ1v) is 14.0. The number of nitrogen functional groups attached to an aromatic ring is 1. The van der Waals surface area contributed by atoms with Gasteiger partial charge in [-0.05, 0) is 85.0 Å². The molecule has 2 amide bonds. The molecule has 0 saturated carbocycles. The number of non-ortho nitro benzene ring substituents is 2. The van der Waals surface area contributed by atoms with Crippen molar-refractivity contribution in [1.82, 2.24) is 10.6 Å². The van der Waals surface area contributed by atoms with Gasteiger partial charge in [0.15, 0.2) is 0 Å². The summed E-state index contributed by atoms with van der Waals surface area (Å²) in [5.74, 6) is -0.781. The molecule has 230 valence electrons. The van der Waals surface area contributed by atoms with Gasteiger partial charge in [-0.25, -0.2) is 0 Å². The minimum atomic E-state index is -0.533. The highest BCUT2D eigenvalue weighted by Crippen LogP contribution is 2.46. The molecule has 1 aliphatic carbocycles. The molecule has 0 spiro atoms. The summed E-state index contributed by atoms with van der Waals surface area (Å²) in [6, 6.07) is 15.6. The van der Waals surface area contributed by atoms with E-state index in [1.54, 1.807) is 54.6 Å². The molecule has 0 aromatic heterocycles. The van der Waals surface area contributed by atoms with Crippen LogP contribution in [0.15, 0.2) is 102 Å². The zero-order valence-electron chi connectivity index (χ0n) is 24.9. The van der Waals surface area contributed by atoms with Crippen LogP contribution in [0.25, 0.3) is 16.7 Å². The van der Waals surface area contributed by atoms with E-state index >= 15 is 0 Å². The molecule has 0 radical (unpaired) electrons. The number of nitro benzene ring substituents is 2. The molecule has 0 saturated heterocycles. The van der Waals surface area contributed by atoms with Crippen molar-refractivity contribution in [2.75, 3.05) is 24.1 Å². The lowest BCUT2D eigenvalue weighted by molar-refractivity contribution is -0.385. The molecule has 1 aliphatic rings. The van der Waals surface area contributed by atoms with Gasteiger partial charge >= 0.3 is 0 Å². The van der Waals surface area contributed by atoms with E-state index < -0.39 is 15.8 Å². The molecule has 12 heteroatoms. The van der Waals surface area contributed by atoms with Crippen molar-refractivity contribution < 1.29 is 19.4 Å². The van der Waals surface area contributed by atoms with E-state index in [1.165, 1.54) is 30.3 Å². The third-order valence-electron chi connectivity index (χ3n) is 6.83. The highest BCUT2D eigenvalue weighted by atomic mass is 16.6. The molecule has 12 nitrogen and oxygen atoms in total. The van der Waals surface area contributed by atoms with Crippen LogP contribution in [0.2, 0.25) is 0 Å². The fourth-order valence-electron chi connectivity index (χ4n) is 4.71. The number of anilines is 2. The number of hydrogen-bond donors (Lipinski definition) is 4. The molecule has 0 unspecified atom stereocenters. The van der Waals surface area contributed by atoms with E-state index in [0.29, 0.717) is 51.3 Å². The van der Waals surface area contributed by atoms with E-state index in [-0.39, 0.29) is 23.8 Å². The van der Waals surface area contributed by atoms with Crippen LogP contribution in [0.4, 0.5) is 22.7 Å². The Bertz CT molecular complexity index is 1750. The summed E-state index contributed by atoms with van der Waals surface area (Å²) in [5, 5.41) is 31.6. The minimum Gasteiger partial charge on any atom is -0.397 e. The summed E-state index contributed by atoms with van der Waals surface area (Å²) in [5.41, 5.74) is 11.3. The highest BCUT2D eigenvalue weighted by Gasteiger charge is 2.28. The number of amides is 2. The molecule has 45 heavy (non-hydrogen) atoms. The molecular formula is C33H32N6O6. The smallest absolute Gasteiger partial charge is 0.270 e. The first-order valence-electron chi connectivity index (χ1n) is 14.0. The van der Waals surface area contributed by atoms with E-state index in [0.717, 1.165) is 11.3 Å². The van der Waals surface area contributed by atoms with Gasteiger partial charge in [-0.2, -0.15) is 0 Å². The van der Waals surface area contributed by atoms with E-state index in [1.807, 2.05) is 20.8 Å². The van der Waals surface area contributed by atoms with Gasteiger partial charge in [0.05, 0.1) is 21.2 Å². The maximum atomic E-state index is 12.9. The number of allylic oxidation sites excluding steroid dienone is 4. The predicted molar refractivity (Wildman–Crippen MR) is 174 cm³/mol. The van der Waals surface area contributed by atoms with Gasteiger partial charge in [-0.15, -0.1) is 0 Å². The SMILES string of the molecule is CC(C)=C/C(=C\C=C(/C)NCCNC(=O)C=C1c2cc([N+](=O)[O-])ccc2-c2ccc([N+](=O)[O-])cc21)C(=O)Nc1ccccc1N. The third kappa shape index (κ3) is 7.87. The second kappa shape index (κ2) is 14.0. The molecular weight excluding hydrogens is 576 g/mol. The molecule has 4 rings (SSSR count). The van der Waals surface area contributed by atoms with Crippen LogP contribution in [-0.4, -0.2) is 34.8 Å². The lowest BCUT2D eigenvalue weighted by Gasteiger charge is -2.09. The number of nitrogens with two attached hydrogens (primary N) is 1. The highest BCUT2D eigenvalue weighted by molar-refractivity contribution is 6.09. The standard InChI is InChI=1S/C33H32N6O6/c1-20(2)16-22(33(41)37-31-7-5-4-6-30(31)34)9-8-21(3)35-14-15-36-32(40)19-29-27-17-23(38(42)43)10-12-25(27)26-13-11-24(39(44)45)18-28(26)29/h4-13,16-19,35H,14-15,34H2,1-3H3,(H,36,40)(H,37,41)/b21-8+,22-9+. The van der Waals surface area contributed by atoms with Gasteiger partial charge in [-0.1, -0.05) is 23.8 Å². The average Bonchev–Trinajstić information content (AvgIpc) is 3.30. The summed E-state index contributed by atoms with van der Waals surface area (Å²) in [7, 11) is 0. The first-order chi connectivity index (χ1) is 21.4. The fraction of sp³-hybridized carbons (Fsp3) is 0.152. The second-order valence-corrected chi connectivity index (χ2v) is 10.5. The lowest BCUT2D eigenvalue weighted by atomic mass is 10.0. The quantitative estimate of drug-likeness (QED) is 0.0421. The van der Waals surface area contributed by atoms with Crippen molar-refractivity contribution >= 4 is 40.1 Å². The molecule has 0 fully saturated rings. The first kappa shape index (κ1) is 31.9. The van der Waals surface area contributed by atoms with Crippen LogP contribution in [0, 0.1) is 20.2 Å². The minimum absolute atomic E-state index is 0.155. The summed E-state index contributed by atoms with van der Waals surface area (Å²) >= 11 is 0. The Hall–Kier alpha value is -6.04. The van der Waals surface area contributed by atoms with Gasteiger partial charge in [0.1, 0.15) is 0 Å². The summed E-state index contributed by atoms with van der Waals surface area (Å²) < 4.78 is 0. The average molecular weight is 609 g/mol. The van der Waals surface area contributed by atoms with E-state index in [9.17, 15) is 29.8 Å². The van der Waals surface area contributed by atoms with Gasteiger partial charge in [0.25, 0.3) is 17.3 Å². The van der Waals surface area contributed by atoms with Crippen LogP contribution in [0.5, 0.6) is 0 Å². The Balaban J connectivity index is 1.43. The number of nitrogens with one attached hydrogen (secondary N) is 3. The number of para-hydroxylation sites is 2. The summed E-state index contributed by atoms with van der Waals surface area (Å²) in [6.45, 7) is 6.18. The van der Waals surface area contributed by atoms with Crippen molar-refractivity contribution in [2.45, 2.75) is 20.8 Å². The topological polar surface area (TPSA) is 183 Å². The van der Waals surface area contributed by atoms with Crippen molar-refractivity contribution in [3.05, 3.63) is 133 Å². The second-order valence-electron chi connectivity index (χ2n) is 10.5. The monoisotopic (exact) mass is 608 g/mol. The maximum Gasteiger partial charge on any atom is 0.270 e. The zero-order chi connectivity index (χ0) is 32.7. The Kier molecular flexibility index (Phi) is 9.89. The van der Waals surface area contributed by atoms with E-state index in [2.05, 4.69) is 16.0 Å². The Labute approximate surface area is 259 Å². The number of carbonyl (C=O) groups excluding carboxylic acids is 2. The Morgan fingerprint density at radius 1 is 0.800 bits per heavy atom. The Morgan fingerprint density at radius 2 is 1.38 bits per heavy atom. The molecule has 5 N–H and O–H groups in total. The van der Waals surface area contributed by atoms with Crippen LogP contribution in [0.1, 0.15) is 31.9 Å². The maximum absolute atomic E-state index is 12.9. The van der Waals surface area contributed by atoms with Crippen molar-refractivity contribution in [2.24, 2.45) is 0 Å². The molecule has 0 atom stereocenters. The van der Waals surface area contributed by atoms with Crippen LogP contribution in [0.3, 0.4) is 0 Å². The van der Waals surface area contributed by atoms with Gasteiger partial charge in [-0.3, -0.25) is 29.8 Å². The third-order valence-corrected chi connectivity index (χ3v) is 6.83. The molecule has 0 aliphatic heterocycles. The van der Waals surface area contributed by atoms with Crippen molar-refractivity contribution in [3.8, 4) is 11.1 Å². The normalized spacial score (nSPS) is 12.0. The number of fused-ring (bicyclic) bond motifs is 3. The summed E-state index contributed by atoms with van der Waals surface area (Å²) in [4.78, 5) is 47.5. The van der Waals surface area contributed by atoms with Gasteiger partial charge in [0, 0.05) is 54.7 Å². The van der Waals surface area contributed by atoms with Crippen LogP contribution < -0.4 is 21.7 Å². The number of benzene rings is 3. The number of nitro groups is 2. The van der Waals surface area contributed by atoms with Crippen molar-refractivity contribution in [1.29, 1.82) is 0 Å². The van der Waals surface area contributed by atoms with Gasteiger partial charge < -0.3 is 21.7 Å². The molecule has 3 aromatic rings. The number of carbonyl (C=O) groups is 2. The number of nitrogens with zero attached hydrogens (tertiary/aromatic N) is 2. The lowest BCUT2D eigenvalue weighted by Crippen LogP contribution is -2.30. The zero-order valence-corrected chi connectivity index (χ0v) is 24.9. The number of hydrogen-bond acceptors (Lipinski definition) is 8. The summed E-state index contributed by atoms with van der Waals surface area (Å²) in [6.07, 6.45) is 6.49. The predicted octanol–water partition coefficient (Wildman–Crippen LogP) is 5.64. The van der Waals surface area contributed by atoms with Crippen molar-refractivity contribution in [3.63, 3.8) is 0 Å². The molecule has 3 aromatic carbocycles. The fourth-order valence-corrected chi connectivity index (χ4v) is 4.71. The van der Waals surface area contributed by atoms with E-state index in [4.69, 9.17) is 5.73 Å².